The Morgan fingerprint density at radius 1 is 1.07 bits per heavy atom. The first-order chi connectivity index (χ1) is 14.1. The number of aryl methyl sites for hydroxylation is 2. The Morgan fingerprint density at radius 3 is 2.33 bits per heavy atom. The van der Waals surface area contributed by atoms with Gasteiger partial charge in [-0.25, -0.2) is 13.2 Å². The van der Waals surface area contributed by atoms with Gasteiger partial charge in [0.1, 0.15) is 5.75 Å². The van der Waals surface area contributed by atoms with Crippen LogP contribution in [0.1, 0.15) is 6.92 Å². The summed E-state index contributed by atoms with van der Waals surface area (Å²) < 4.78 is 35.0. The van der Waals surface area contributed by atoms with Crippen LogP contribution in [0.3, 0.4) is 0 Å². The smallest absolute Gasteiger partial charge is 0.328 e. The molecule has 0 saturated carbocycles. The monoisotopic (exact) mass is 432 g/mol. The van der Waals surface area contributed by atoms with E-state index in [1.807, 2.05) is 6.92 Å². The van der Waals surface area contributed by atoms with Gasteiger partial charge in [0.15, 0.2) is 0 Å². The number of fused-ring (bicyclic) bond motifs is 1. The molecule has 10 heteroatoms. The van der Waals surface area contributed by atoms with Crippen LogP contribution in [0, 0.1) is 0 Å². The Labute approximate surface area is 174 Å². The van der Waals surface area contributed by atoms with Crippen LogP contribution in [-0.2, 0) is 28.9 Å². The molecule has 1 amide bonds. The summed E-state index contributed by atoms with van der Waals surface area (Å²) >= 11 is 0. The number of nitrogens with zero attached hydrogens (tertiary/aromatic N) is 3. The fraction of sp³-hybridized carbons (Fsp3) is 0.300. The number of carbonyl (C=O) groups is 1. The normalized spacial score (nSPS) is 11.8. The van der Waals surface area contributed by atoms with Crippen molar-refractivity contribution >= 4 is 32.7 Å². The molecule has 1 aromatic heterocycles. The molecule has 2 aromatic carbocycles. The molecule has 160 valence electrons. The lowest BCUT2D eigenvalue weighted by molar-refractivity contribution is -0.116. The minimum Gasteiger partial charge on any atom is -0.494 e. The second-order valence-corrected chi connectivity index (χ2v) is 8.86. The predicted octanol–water partition coefficient (Wildman–Crippen LogP) is 1.53. The maximum Gasteiger partial charge on any atom is 0.328 e. The number of rotatable bonds is 7. The summed E-state index contributed by atoms with van der Waals surface area (Å²) in [6.07, 6.45) is 0. The van der Waals surface area contributed by atoms with E-state index in [9.17, 15) is 18.0 Å². The van der Waals surface area contributed by atoms with Gasteiger partial charge >= 0.3 is 5.69 Å². The van der Waals surface area contributed by atoms with Gasteiger partial charge in [-0.15, -0.1) is 0 Å². The maximum absolute atomic E-state index is 12.9. The minimum absolute atomic E-state index is 0.00701. The largest absolute Gasteiger partial charge is 0.494 e. The van der Waals surface area contributed by atoms with Crippen molar-refractivity contribution < 1.29 is 17.9 Å². The molecule has 0 unspecified atom stereocenters. The van der Waals surface area contributed by atoms with Crippen LogP contribution in [-0.4, -0.2) is 48.0 Å². The Balaban J connectivity index is 1.76. The maximum atomic E-state index is 12.9. The van der Waals surface area contributed by atoms with Gasteiger partial charge in [0, 0.05) is 26.8 Å². The van der Waals surface area contributed by atoms with Gasteiger partial charge in [-0.1, -0.05) is 0 Å². The summed E-state index contributed by atoms with van der Waals surface area (Å²) in [7, 11) is 0.610. The zero-order chi connectivity index (χ0) is 22.1. The van der Waals surface area contributed by atoms with E-state index in [1.54, 1.807) is 44.4 Å². The average molecular weight is 433 g/mol. The molecule has 0 bridgehead atoms. The lowest BCUT2D eigenvalue weighted by Gasteiger charge is -2.17. The molecule has 1 heterocycles. The number of benzene rings is 2. The van der Waals surface area contributed by atoms with E-state index in [2.05, 4.69) is 5.32 Å². The summed E-state index contributed by atoms with van der Waals surface area (Å²) in [5.41, 5.74) is 1.41. The molecule has 0 saturated heterocycles. The van der Waals surface area contributed by atoms with Gasteiger partial charge in [-0.05, 0) is 49.4 Å². The highest BCUT2D eigenvalue weighted by molar-refractivity contribution is 7.89. The first kappa shape index (κ1) is 21.6. The fourth-order valence-corrected chi connectivity index (χ4v) is 4.26. The number of hydrogen-bond acceptors (Lipinski definition) is 5. The quantitative estimate of drug-likeness (QED) is 0.610. The van der Waals surface area contributed by atoms with Gasteiger partial charge in [0.2, 0.25) is 15.9 Å². The van der Waals surface area contributed by atoms with E-state index in [1.165, 1.54) is 28.3 Å². The number of amides is 1. The van der Waals surface area contributed by atoms with Crippen LogP contribution in [0.5, 0.6) is 5.75 Å². The van der Waals surface area contributed by atoms with Crippen molar-refractivity contribution in [1.82, 2.24) is 13.4 Å². The van der Waals surface area contributed by atoms with Crippen LogP contribution in [0.15, 0.2) is 52.2 Å². The summed E-state index contributed by atoms with van der Waals surface area (Å²) in [6.45, 7) is 2.06. The van der Waals surface area contributed by atoms with Crippen LogP contribution in [0.2, 0.25) is 0 Å². The third-order valence-corrected chi connectivity index (χ3v) is 6.57. The first-order valence-electron chi connectivity index (χ1n) is 9.29. The highest BCUT2D eigenvalue weighted by Gasteiger charge is 2.24. The zero-order valence-electron chi connectivity index (χ0n) is 17.2. The molecular weight excluding hydrogens is 408 g/mol. The molecule has 1 N–H and O–H groups in total. The van der Waals surface area contributed by atoms with Crippen molar-refractivity contribution in [3.8, 4) is 5.75 Å². The van der Waals surface area contributed by atoms with E-state index in [0.29, 0.717) is 29.1 Å². The number of aromatic nitrogens is 2. The van der Waals surface area contributed by atoms with Gasteiger partial charge in [-0.3, -0.25) is 13.9 Å². The summed E-state index contributed by atoms with van der Waals surface area (Å²) in [4.78, 5) is 24.4. The first-order valence-corrected chi connectivity index (χ1v) is 10.7. The zero-order valence-corrected chi connectivity index (χ0v) is 18.1. The van der Waals surface area contributed by atoms with E-state index in [4.69, 9.17) is 4.74 Å². The fourth-order valence-electron chi connectivity index (χ4n) is 3.12. The van der Waals surface area contributed by atoms with Gasteiger partial charge in [0.05, 0.1) is 29.1 Å². The topological polar surface area (TPSA) is 103 Å². The van der Waals surface area contributed by atoms with Gasteiger partial charge in [-0.2, -0.15) is 4.31 Å². The molecule has 0 atom stereocenters. The molecule has 0 spiro atoms. The average Bonchev–Trinajstić information content (AvgIpc) is 2.93. The van der Waals surface area contributed by atoms with Crippen molar-refractivity contribution in [2.45, 2.75) is 11.8 Å². The van der Waals surface area contributed by atoms with E-state index < -0.39 is 15.9 Å². The molecule has 3 rings (SSSR count). The standard InChI is InChI=1S/C20H24N4O5S/c1-5-29-15-8-6-14(7-9-15)21-19(25)13-22(2)30(27,28)16-10-11-17-18(12-16)24(4)20(26)23(17)3/h6-12H,5,13H2,1-4H3,(H,21,25). The van der Waals surface area contributed by atoms with Crippen LogP contribution < -0.4 is 15.7 Å². The van der Waals surface area contributed by atoms with E-state index in [0.717, 1.165) is 4.31 Å². The van der Waals surface area contributed by atoms with Crippen LogP contribution >= 0.6 is 0 Å². The Bertz CT molecular complexity index is 1240. The lowest BCUT2D eigenvalue weighted by Crippen LogP contribution is -2.35. The number of ether oxygens (including phenoxy) is 1. The third-order valence-electron chi connectivity index (χ3n) is 4.77. The summed E-state index contributed by atoms with van der Waals surface area (Å²) in [5, 5.41) is 2.67. The number of anilines is 1. The number of sulfonamides is 1. The minimum atomic E-state index is -3.92. The Hall–Kier alpha value is -3.11. The SMILES string of the molecule is CCOc1ccc(NC(=O)CN(C)S(=O)(=O)c2ccc3c(c2)n(C)c(=O)n3C)cc1. The number of hydrogen-bond donors (Lipinski definition) is 1. The molecular formula is C20H24N4O5S. The summed E-state index contributed by atoms with van der Waals surface area (Å²) in [6, 6.07) is 11.3. The van der Waals surface area contributed by atoms with Crippen LogP contribution in [0.4, 0.5) is 5.69 Å². The van der Waals surface area contributed by atoms with Crippen LogP contribution in [0.25, 0.3) is 11.0 Å². The van der Waals surface area contributed by atoms with Crippen molar-refractivity contribution in [1.29, 1.82) is 0 Å². The second kappa shape index (κ2) is 8.33. The second-order valence-electron chi connectivity index (χ2n) is 6.82. The number of likely N-dealkylation sites (N-methyl/N-ethyl adjacent to an activating group) is 1. The summed E-state index contributed by atoms with van der Waals surface area (Å²) in [5.74, 6) is 0.208. The number of carbonyl (C=O) groups excluding carboxylic acids is 1. The number of imidazole rings is 1. The number of nitrogens with one attached hydrogen (secondary N) is 1. The molecule has 0 fully saturated rings. The third kappa shape index (κ3) is 4.10. The van der Waals surface area contributed by atoms with Crippen molar-refractivity contribution in [2.75, 3.05) is 25.5 Å². The molecule has 0 radical (unpaired) electrons. The predicted molar refractivity (Wildman–Crippen MR) is 114 cm³/mol. The lowest BCUT2D eigenvalue weighted by atomic mass is 10.3. The highest BCUT2D eigenvalue weighted by atomic mass is 32.2. The van der Waals surface area contributed by atoms with Crippen molar-refractivity contribution in [2.24, 2.45) is 14.1 Å². The van der Waals surface area contributed by atoms with Crippen molar-refractivity contribution in [3.63, 3.8) is 0 Å². The van der Waals surface area contributed by atoms with Gasteiger partial charge in [0.25, 0.3) is 0 Å². The van der Waals surface area contributed by atoms with Crippen molar-refractivity contribution in [3.05, 3.63) is 52.9 Å². The molecule has 30 heavy (non-hydrogen) atoms. The molecule has 0 aliphatic heterocycles. The molecule has 3 aromatic rings. The molecule has 9 nitrogen and oxygen atoms in total. The Morgan fingerprint density at radius 2 is 1.70 bits per heavy atom. The molecule has 0 aliphatic rings. The molecule has 0 aliphatic carbocycles. The van der Waals surface area contributed by atoms with E-state index >= 15 is 0 Å². The van der Waals surface area contributed by atoms with Gasteiger partial charge < -0.3 is 10.1 Å². The Kier molecular flexibility index (Phi) is 5.99. The van der Waals surface area contributed by atoms with E-state index in [-0.39, 0.29) is 17.1 Å². The highest BCUT2D eigenvalue weighted by Crippen LogP contribution is 2.21.